The Morgan fingerprint density at radius 3 is 2.68 bits per heavy atom. The Bertz CT molecular complexity index is 814. The van der Waals surface area contributed by atoms with Crippen molar-refractivity contribution in [2.75, 3.05) is 13.7 Å². The summed E-state index contributed by atoms with van der Waals surface area (Å²) >= 11 is 0. The first-order chi connectivity index (χ1) is 12.1. The van der Waals surface area contributed by atoms with E-state index in [1.165, 1.54) is 7.05 Å². The number of fused-ring (bicyclic) bond motifs is 1. The number of aromatic nitrogens is 2. The minimum absolute atomic E-state index is 0.226. The molecule has 8 heteroatoms. The van der Waals surface area contributed by atoms with Gasteiger partial charge < -0.3 is 10.1 Å². The fourth-order valence-corrected chi connectivity index (χ4v) is 2.81. The van der Waals surface area contributed by atoms with Gasteiger partial charge in [0.15, 0.2) is 12.3 Å². The van der Waals surface area contributed by atoms with Crippen LogP contribution in [0.1, 0.15) is 28.2 Å². The maximum absolute atomic E-state index is 12.3. The van der Waals surface area contributed by atoms with Crippen molar-refractivity contribution in [1.29, 1.82) is 0 Å². The minimum Gasteiger partial charge on any atom is -0.451 e. The van der Waals surface area contributed by atoms with Gasteiger partial charge in [0.1, 0.15) is 0 Å². The summed E-state index contributed by atoms with van der Waals surface area (Å²) in [7, 11) is 1.38. The lowest BCUT2D eigenvalue weighted by Crippen LogP contribution is -2.39. The second-order valence-corrected chi connectivity index (χ2v) is 5.58. The number of esters is 1. The molecule has 2 N–H and O–H groups in total. The van der Waals surface area contributed by atoms with Crippen molar-refractivity contribution in [1.82, 2.24) is 20.4 Å². The van der Waals surface area contributed by atoms with Crippen molar-refractivity contribution in [3.8, 4) is 5.69 Å². The number of carbonyl (C=O) groups is 3. The van der Waals surface area contributed by atoms with Crippen LogP contribution in [-0.4, -0.2) is 41.3 Å². The van der Waals surface area contributed by atoms with Crippen molar-refractivity contribution < 1.29 is 19.1 Å². The van der Waals surface area contributed by atoms with Crippen molar-refractivity contribution in [2.24, 2.45) is 0 Å². The van der Waals surface area contributed by atoms with Crippen LogP contribution in [0.25, 0.3) is 5.69 Å². The molecule has 25 heavy (non-hydrogen) atoms. The number of hydrogen-bond acceptors (Lipinski definition) is 5. The lowest BCUT2D eigenvalue weighted by molar-refractivity contribution is -0.123. The number of ether oxygens (including phenoxy) is 1. The van der Waals surface area contributed by atoms with Crippen molar-refractivity contribution in [3.63, 3.8) is 0 Å². The zero-order valence-corrected chi connectivity index (χ0v) is 13.7. The first-order valence-electron chi connectivity index (χ1n) is 7.95. The molecular formula is C17H18N4O4. The number of rotatable bonds is 4. The molecule has 1 aliphatic rings. The maximum atomic E-state index is 12.3. The number of nitrogens with one attached hydrogen (secondary N) is 2. The zero-order chi connectivity index (χ0) is 17.8. The van der Waals surface area contributed by atoms with E-state index < -0.39 is 24.5 Å². The highest BCUT2D eigenvalue weighted by molar-refractivity contribution is 5.96. The van der Waals surface area contributed by atoms with Crippen LogP contribution in [0.4, 0.5) is 4.79 Å². The molecule has 3 amide bonds. The average Bonchev–Trinajstić information content (AvgIpc) is 3.22. The van der Waals surface area contributed by atoms with E-state index in [4.69, 9.17) is 4.74 Å². The van der Waals surface area contributed by atoms with Crippen LogP contribution >= 0.6 is 0 Å². The molecule has 0 spiro atoms. The van der Waals surface area contributed by atoms with Gasteiger partial charge in [0, 0.05) is 18.3 Å². The summed E-state index contributed by atoms with van der Waals surface area (Å²) in [4.78, 5) is 34.9. The van der Waals surface area contributed by atoms with Crippen LogP contribution in [0.2, 0.25) is 0 Å². The van der Waals surface area contributed by atoms with Gasteiger partial charge in [-0.05, 0) is 31.4 Å². The number of urea groups is 1. The highest BCUT2D eigenvalue weighted by Crippen LogP contribution is 2.28. The van der Waals surface area contributed by atoms with Crippen molar-refractivity contribution >= 4 is 17.9 Å². The molecule has 0 unspecified atom stereocenters. The number of amides is 3. The summed E-state index contributed by atoms with van der Waals surface area (Å²) in [5.74, 6) is -1.37. The highest BCUT2D eigenvalue weighted by atomic mass is 16.5. The maximum Gasteiger partial charge on any atom is 0.359 e. The topological polar surface area (TPSA) is 102 Å². The van der Waals surface area contributed by atoms with Crippen LogP contribution in [-0.2, 0) is 22.4 Å². The van der Waals surface area contributed by atoms with Gasteiger partial charge in [-0.2, -0.15) is 5.10 Å². The number of benzene rings is 1. The number of hydrogen-bond donors (Lipinski definition) is 2. The van der Waals surface area contributed by atoms with Crippen LogP contribution < -0.4 is 10.6 Å². The lowest BCUT2D eigenvalue weighted by atomic mass is 10.2. The van der Waals surface area contributed by atoms with E-state index in [-0.39, 0.29) is 5.69 Å². The summed E-state index contributed by atoms with van der Waals surface area (Å²) in [6, 6.07) is 8.89. The van der Waals surface area contributed by atoms with E-state index in [0.29, 0.717) is 0 Å². The quantitative estimate of drug-likeness (QED) is 0.806. The van der Waals surface area contributed by atoms with Crippen LogP contribution in [0.3, 0.4) is 0 Å². The molecule has 130 valence electrons. The Hall–Kier alpha value is -3.16. The summed E-state index contributed by atoms with van der Waals surface area (Å²) in [6.07, 6.45) is 2.52. The number of carbonyl (C=O) groups excluding carboxylic acids is 3. The molecule has 0 atom stereocenters. The molecule has 1 heterocycles. The summed E-state index contributed by atoms with van der Waals surface area (Å²) in [5.41, 5.74) is 2.95. The number of nitrogens with zero attached hydrogens (tertiary/aromatic N) is 2. The van der Waals surface area contributed by atoms with Crippen LogP contribution in [0.5, 0.6) is 0 Å². The summed E-state index contributed by atoms with van der Waals surface area (Å²) in [5, 5.41) is 8.66. The van der Waals surface area contributed by atoms with Gasteiger partial charge in [-0.25, -0.2) is 14.3 Å². The summed E-state index contributed by atoms with van der Waals surface area (Å²) < 4.78 is 6.76. The summed E-state index contributed by atoms with van der Waals surface area (Å²) in [6.45, 7) is -0.542. The smallest absolute Gasteiger partial charge is 0.359 e. The fraction of sp³-hybridized carbons (Fsp3) is 0.294. The first-order valence-corrected chi connectivity index (χ1v) is 7.95. The molecule has 0 aliphatic heterocycles. The average molecular weight is 342 g/mol. The molecule has 1 aromatic heterocycles. The van der Waals surface area contributed by atoms with E-state index >= 15 is 0 Å². The predicted octanol–water partition coefficient (Wildman–Crippen LogP) is 0.973. The van der Waals surface area contributed by atoms with E-state index in [9.17, 15) is 14.4 Å². The Morgan fingerprint density at radius 1 is 1.20 bits per heavy atom. The van der Waals surface area contributed by atoms with Crippen LogP contribution in [0, 0.1) is 0 Å². The third kappa shape index (κ3) is 3.52. The van der Waals surface area contributed by atoms with Gasteiger partial charge in [0.2, 0.25) is 0 Å². The van der Waals surface area contributed by atoms with Gasteiger partial charge in [-0.15, -0.1) is 0 Å². The predicted molar refractivity (Wildman–Crippen MR) is 88.5 cm³/mol. The SMILES string of the molecule is CNC(=O)NC(=O)COC(=O)c1nn(-c2ccccc2)c2c1CCC2. The standard InChI is InChI=1S/C17H18N4O4/c1-18-17(24)19-14(22)10-25-16(23)15-12-8-5-9-13(12)21(20-15)11-6-3-2-4-7-11/h2-4,6-7H,5,8-10H2,1H3,(H2,18,19,22,24). The molecule has 0 fully saturated rings. The molecule has 2 aromatic rings. The molecule has 8 nitrogen and oxygen atoms in total. The fourth-order valence-electron chi connectivity index (χ4n) is 2.81. The van der Waals surface area contributed by atoms with E-state index in [0.717, 1.165) is 36.2 Å². The Morgan fingerprint density at radius 2 is 1.96 bits per heavy atom. The highest BCUT2D eigenvalue weighted by Gasteiger charge is 2.28. The second kappa shape index (κ2) is 7.16. The minimum atomic E-state index is -0.702. The van der Waals surface area contributed by atoms with Gasteiger partial charge in [0.05, 0.1) is 5.69 Å². The van der Waals surface area contributed by atoms with Gasteiger partial charge in [-0.3, -0.25) is 10.1 Å². The number of para-hydroxylation sites is 1. The van der Waals surface area contributed by atoms with Gasteiger partial charge in [0.25, 0.3) is 5.91 Å². The molecule has 3 rings (SSSR count). The second-order valence-electron chi connectivity index (χ2n) is 5.58. The third-order valence-corrected chi connectivity index (χ3v) is 3.94. The van der Waals surface area contributed by atoms with E-state index in [1.54, 1.807) is 4.68 Å². The first kappa shape index (κ1) is 16.7. The van der Waals surface area contributed by atoms with Gasteiger partial charge in [-0.1, -0.05) is 18.2 Å². The Labute approximate surface area is 144 Å². The molecule has 1 aromatic carbocycles. The lowest BCUT2D eigenvalue weighted by Gasteiger charge is -2.05. The molecule has 0 saturated carbocycles. The number of imide groups is 1. The molecule has 1 aliphatic carbocycles. The Kier molecular flexibility index (Phi) is 4.78. The van der Waals surface area contributed by atoms with Gasteiger partial charge >= 0.3 is 12.0 Å². The molecule has 0 saturated heterocycles. The van der Waals surface area contributed by atoms with E-state index in [2.05, 4.69) is 10.4 Å². The zero-order valence-electron chi connectivity index (χ0n) is 13.7. The van der Waals surface area contributed by atoms with Crippen molar-refractivity contribution in [3.05, 3.63) is 47.3 Å². The van der Waals surface area contributed by atoms with Crippen molar-refractivity contribution in [2.45, 2.75) is 19.3 Å². The van der Waals surface area contributed by atoms with Crippen LogP contribution in [0.15, 0.2) is 30.3 Å². The molecule has 0 radical (unpaired) electrons. The largest absolute Gasteiger partial charge is 0.451 e. The normalized spacial score (nSPS) is 12.4. The molecule has 0 bridgehead atoms. The monoisotopic (exact) mass is 342 g/mol. The Balaban J connectivity index is 1.76. The van der Waals surface area contributed by atoms with E-state index in [1.807, 2.05) is 35.6 Å². The molecular weight excluding hydrogens is 324 g/mol. The third-order valence-electron chi connectivity index (χ3n) is 3.94.